The molecule has 3 aromatic carbocycles. The van der Waals surface area contributed by atoms with Gasteiger partial charge in [0.05, 0.1) is 22.1 Å². The van der Waals surface area contributed by atoms with Gasteiger partial charge >= 0.3 is 0 Å². The maximum atomic E-state index is 13.3. The molecule has 0 aliphatic carbocycles. The molecule has 5 heteroatoms. The fraction of sp³-hybridized carbons (Fsp3) is 0.115. The van der Waals surface area contributed by atoms with Crippen LogP contribution in [0.3, 0.4) is 0 Å². The Morgan fingerprint density at radius 3 is 2.45 bits per heavy atom. The lowest BCUT2D eigenvalue weighted by atomic mass is 9.95. The van der Waals surface area contributed by atoms with Gasteiger partial charge in [-0.05, 0) is 41.8 Å². The first-order valence-electron chi connectivity index (χ1n) is 10.1. The van der Waals surface area contributed by atoms with Crippen molar-refractivity contribution in [2.45, 2.75) is 18.9 Å². The topological polar surface area (TPSA) is 59.1 Å². The average Bonchev–Trinajstić information content (AvgIpc) is 2.80. The Morgan fingerprint density at radius 2 is 1.65 bits per heavy atom. The standard InChI is InChI=1S/C26H21ClN2O2/c27-22-13-5-4-11-21(22)26(31)29-24(16-18-8-2-1-3-9-18)25(30)17-19-10-6-14-23-20(19)12-7-15-28-23/h1-15,24H,16-17H2,(H,29,31). The fourth-order valence-electron chi connectivity index (χ4n) is 3.61. The molecule has 0 saturated carbocycles. The second-order valence-electron chi connectivity index (χ2n) is 7.33. The van der Waals surface area contributed by atoms with E-state index < -0.39 is 6.04 Å². The van der Waals surface area contributed by atoms with Gasteiger partial charge in [0.25, 0.3) is 5.91 Å². The molecular formula is C26H21ClN2O2. The largest absolute Gasteiger partial charge is 0.342 e. The molecule has 154 valence electrons. The normalized spacial score (nSPS) is 11.8. The van der Waals surface area contributed by atoms with Crippen LogP contribution in [0.2, 0.25) is 5.02 Å². The van der Waals surface area contributed by atoms with Crippen LogP contribution in [-0.2, 0) is 17.6 Å². The number of benzene rings is 3. The first-order valence-corrected chi connectivity index (χ1v) is 10.4. The number of Topliss-reactive ketones (excluding diaryl/α,β-unsaturated/α-hetero) is 1. The van der Waals surface area contributed by atoms with E-state index in [0.29, 0.717) is 17.0 Å². The number of carbonyl (C=O) groups is 2. The Balaban J connectivity index is 1.60. The van der Waals surface area contributed by atoms with Crippen LogP contribution >= 0.6 is 11.6 Å². The number of fused-ring (bicyclic) bond motifs is 1. The number of rotatable bonds is 7. The highest BCUT2D eigenvalue weighted by Gasteiger charge is 2.23. The predicted octanol–water partition coefficient (Wildman–Crippen LogP) is 5.04. The molecule has 4 aromatic rings. The van der Waals surface area contributed by atoms with E-state index >= 15 is 0 Å². The summed E-state index contributed by atoms with van der Waals surface area (Å²) in [5, 5.41) is 4.19. The molecule has 4 nitrogen and oxygen atoms in total. The van der Waals surface area contributed by atoms with E-state index in [0.717, 1.165) is 22.0 Å². The maximum Gasteiger partial charge on any atom is 0.253 e. The molecule has 31 heavy (non-hydrogen) atoms. The van der Waals surface area contributed by atoms with Crippen LogP contribution in [0.5, 0.6) is 0 Å². The number of nitrogens with one attached hydrogen (secondary N) is 1. The zero-order chi connectivity index (χ0) is 21.6. The SMILES string of the molecule is O=C(NC(Cc1ccccc1)C(=O)Cc1cccc2ncccc12)c1ccccc1Cl. The molecular weight excluding hydrogens is 408 g/mol. The van der Waals surface area contributed by atoms with Gasteiger partial charge in [-0.15, -0.1) is 0 Å². The molecule has 1 N–H and O–H groups in total. The van der Waals surface area contributed by atoms with Crippen LogP contribution in [0.25, 0.3) is 10.9 Å². The number of carbonyl (C=O) groups excluding carboxylic acids is 2. The molecule has 0 fully saturated rings. The van der Waals surface area contributed by atoms with Gasteiger partial charge in [-0.2, -0.15) is 0 Å². The molecule has 0 aliphatic heterocycles. The predicted molar refractivity (Wildman–Crippen MR) is 123 cm³/mol. The second kappa shape index (κ2) is 9.54. The molecule has 1 unspecified atom stereocenters. The summed E-state index contributed by atoms with van der Waals surface area (Å²) in [6.45, 7) is 0. The smallest absolute Gasteiger partial charge is 0.253 e. The first-order chi connectivity index (χ1) is 15.1. The second-order valence-corrected chi connectivity index (χ2v) is 7.73. The van der Waals surface area contributed by atoms with E-state index in [2.05, 4.69) is 10.3 Å². The summed E-state index contributed by atoms with van der Waals surface area (Å²) in [6, 6.07) is 25.4. The number of amides is 1. The highest BCUT2D eigenvalue weighted by atomic mass is 35.5. The lowest BCUT2D eigenvalue weighted by Crippen LogP contribution is -2.43. The molecule has 4 rings (SSSR count). The Morgan fingerprint density at radius 1 is 0.871 bits per heavy atom. The monoisotopic (exact) mass is 428 g/mol. The molecule has 0 spiro atoms. The van der Waals surface area contributed by atoms with Crippen molar-refractivity contribution >= 4 is 34.2 Å². The summed E-state index contributed by atoms with van der Waals surface area (Å²) < 4.78 is 0. The number of aromatic nitrogens is 1. The minimum atomic E-state index is -0.682. The van der Waals surface area contributed by atoms with E-state index in [4.69, 9.17) is 11.6 Å². The summed E-state index contributed by atoms with van der Waals surface area (Å²) in [6.07, 6.45) is 2.33. The van der Waals surface area contributed by atoms with Gasteiger partial charge in [-0.25, -0.2) is 0 Å². The number of hydrogen-bond acceptors (Lipinski definition) is 3. The van der Waals surface area contributed by atoms with Crippen molar-refractivity contribution in [3.05, 3.63) is 113 Å². The summed E-state index contributed by atoms with van der Waals surface area (Å²) in [7, 11) is 0. The Bertz CT molecular complexity index is 1220. The Kier molecular flexibility index (Phi) is 6.39. The van der Waals surface area contributed by atoms with Crippen molar-refractivity contribution < 1.29 is 9.59 Å². The highest BCUT2D eigenvalue weighted by molar-refractivity contribution is 6.33. The first kappa shape index (κ1) is 20.8. The number of halogens is 1. The van der Waals surface area contributed by atoms with Crippen LogP contribution in [0.15, 0.2) is 91.1 Å². The van der Waals surface area contributed by atoms with E-state index in [1.165, 1.54) is 0 Å². The van der Waals surface area contributed by atoms with Crippen molar-refractivity contribution in [1.82, 2.24) is 10.3 Å². The van der Waals surface area contributed by atoms with Gasteiger partial charge in [0.2, 0.25) is 0 Å². The molecule has 0 saturated heterocycles. The zero-order valence-corrected chi connectivity index (χ0v) is 17.5. The molecule has 0 aliphatic rings. The third-order valence-electron chi connectivity index (χ3n) is 5.20. The summed E-state index contributed by atoms with van der Waals surface area (Å²) in [5.41, 5.74) is 3.05. The van der Waals surface area contributed by atoms with Gasteiger partial charge in [0.15, 0.2) is 5.78 Å². The minimum absolute atomic E-state index is 0.0689. The third kappa shape index (κ3) is 4.98. The van der Waals surface area contributed by atoms with Crippen molar-refractivity contribution in [2.24, 2.45) is 0 Å². The van der Waals surface area contributed by atoms with Crippen molar-refractivity contribution in [3.8, 4) is 0 Å². The number of nitrogens with zero attached hydrogens (tertiary/aromatic N) is 1. The zero-order valence-electron chi connectivity index (χ0n) is 16.8. The molecule has 0 radical (unpaired) electrons. The quantitative estimate of drug-likeness (QED) is 0.448. The average molecular weight is 429 g/mol. The van der Waals surface area contributed by atoms with Gasteiger partial charge in [0, 0.05) is 18.0 Å². The van der Waals surface area contributed by atoms with Crippen LogP contribution in [0.1, 0.15) is 21.5 Å². The minimum Gasteiger partial charge on any atom is -0.342 e. The van der Waals surface area contributed by atoms with Crippen molar-refractivity contribution in [1.29, 1.82) is 0 Å². The number of pyridine rings is 1. The van der Waals surface area contributed by atoms with Gasteiger partial charge < -0.3 is 5.32 Å². The Hall–Kier alpha value is -3.50. The molecule has 1 amide bonds. The summed E-state index contributed by atoms with van der Waals surface area (Å²) >= 11 is 6.18. The lowest BCUT2D eigenvalue weighted by Gasteiger charge is -2.19. The van der Waals surface area contributed by atoms with E-state index in [1.807, 2.05) is 60.7 Å². The van der Waals surface area contributed by atoms with Gasteiger partial charge in [0.1, 0.15) is 0 Å². The lowest BCUT2D eigenvalue weighted by molar-refractivity contribution is -0.120. The fourth-order valence-corrected chi connectivity index (χ4v) is 3.83. The third-order valence-corrected chi connectivity index (χ3v) is 5.53. The van der Waals surface area contributed by atoms with E-state index in [9.17, 15) is 9.59 Å². The van der Waals surface area contributed by atoms with Gasteiger partial charge in [-0.3, -0.25) is 14.6 Å². The van der Waals surface area contributed by atoms with Crippen LogP contribution in [-0.4, -0.2) is 22.7 Å². The van der Waals surface area contributed by atoms with Crippen LogP contribution < -0.4 is 5.32 Å². The Labute approximate surface area is 185 Å². The van der Waals surface area contributed by atoms with Crippen molar-refractivity contribution in [2.75, 3.05) is 0 Å². The molecule has 0 bridgehead atoms. The maximum absolute atomic E-state index is 13.3. The van der Waals surface area contributed by atoms with E-state index in [-0.39, 0.29) is 18.1 Å². The molecule has 1 heterocycles. The van der Waals surface area contributed by atoms with Crippen LogP contribution in [0, 0.1) is 0 Å². The van der Waals surface area contributed by atoms with Gasteiger partial charge in [-0.1, -0.05) is 72.3 Å². The molecule has 1 aromatic heterocycles. The molecule has 1 atom stereocenters. The summed E-state index contributed by atoms with van der Waals surface area (Å²) in [4.78, 5) is 30.6. The van der Waals surface area contributed by atoms with Crippen LogP contribution in [0.4, 0.5) is 0 Å². The highest BCUT2D eigenvalue weighted by Crippen LogP contribution is 2.19. The summed E-state index contributed by atoms with van der Waals surface area (Å²) in [5.74, 6) is -0.430. The van der Waals surface area contributed by atoms with Crippen molar-refractivity contribution in [3.63, 3.8) is 0 Å². The van der Waals surface area contributed by atoms with E-state index in [1.54, 1.807) is 30.5 Å². The number of hydrogen-bond donors (Lipinski definition) is 1. The number of ketones is 1.